The lowest BCUT2D eigenvalue weighted by Gasteiger charge is -2.33. The van der Waals surface area contributed by atoms with E-state index in [1.54, 1.807) is 35.0 Å². The van der Waals surface area contributed by atoms with Crippen molar-refractivity contribution in [1.29, 1.82) is 0 Å². The van der Waals surface area contributed by atoms with E-state index in [9.17, 15) is 39.6 Å². The molecule has 236 valence electrons. The molecule has 0 radical (unpaired) electrons. The van der Waals surface area contributed by atoms with Crippen molar-refractivity contribution in [3.05, 3.63) is 29.6 Å². The van der Waals surface area contributed by atoms with Gasteiger partial charge < -0.3 is 46.2 Å². The lowest BCUT2D eigenvalue weighted by Crippen LogP contribution is -2.49. The monoisotopic (exact) mass is 598 g/mol. The van der Waals surface area contributed by atoms with Crippen molar-refractivity contribution in [3.8, 4) is 0 Å². The predicted molar refractivity (Wildman–Crippen MR) is 147 cm³/mol. The van der Waals surface area contributed by atoms with Gasteiger partial charge >= 0.3 is 11.9 Å². The van der Waals surface area contributed by atoms with Crippen LogP contribution in [0.1, 0.15) is 24.2 Å². The lowest BCUT2D eigenvalue weighted by atomic mass is 10.1. The second kappa shape index (κ2) is 17.6. The molecule has 4 unspecified atom stereocenters. The summed E-state index contributed by atoms with van der Waals surface area (Å²) < 4.78 is 0. The zero-order chi connectivity index (χ0) is 31.2. The lowest BCUT2D eigenvalue weighted by molar-refractivity contribution is -0.146. The maximum atomic E-state index is 12.4. The number of aliphatic hydroxyl groups excluding tert-OH is 4. The number of nitrogens with zero attached hydrogens (tertiary/aromatic N) is 4. The van der Waals surface area contributed by atoms with Crippen molar-refractivity contribution >= 4 is 23.8 Å². The van der Waals surface area contributed by atoms with Crippen molar-refractivity contribution < 1.29 is 49.8 Å². The topological polar surface area (TPSA) is 236 Å². The number of likely N-dealkylation sites (N-methyl/N-ethyl adjacent to an activating group) is 1. The summed E-state index contributed by atoms with van der Waals surface area (Å²) in [4.78, 5) is 59.0. The van der Waals surface area contributed by atoms with E-state index in [4.69, 9.17) is 10.2 Å². The molecule has 1 aromatic rings. The normalized spacial score (nSPS) is 18.5. The van der Waals surface area contributed by atoms with Crippen LogP contribution in [0.2, 0.25) is 0 Å². The van der Waals surface area contributed by atoms with E-state index in [1.165, 1.54) is 0 Å². The molecular formula is C26H42N6O10. The number of aliphatic hydroxyl groups is 4. The molecule has 2 bridgehead atoms. The minimum atomic E-state index is -1.21. The minimum absolute atomic E-state index is 0.0864. The number of aromatic nitrogens is 1. The van der Waals surface area contributed by atoms with Crippen LogP contribution in [0.15, 0.2) is 18.2 Å². The first-order chi connectivity index (χ1) is 19.9. The summed E-state index contributed by atoms with van der Waals surface area (Å²) in [6, 6.07) is 2.70. The highest BCUT2D eigenvalue weighted by molar-refractivity contribution is 5.85. The highest BCUT2D eigenvalue weighted by Gasteiger charge is 2.31. The fourth-order valence-corrected chi connectivity index (χ4v) is 4.35. The minimum Gasteiger partial charge on any atom is -0.480 e. The van der Waals surface area contributed by atoms with Gasteiger partial charge in [-0.15, -0.1) is 0 Å². The Balaban J connectivity index is 2.25. The summed E-state index contributed by atoms with van der Waals surface area (Å²) in [7, 11) is 1.79. The second-order valence-electron chi connectivity index (χ2n) is 10.3. The molecule has 0 saturated carbocycles. The molecule has 0 aromatic carbocycles. The van der Waals surface area contributed by atoms with E-state index >= 15 is 0 Å². The second-order valence-corrected chi connectivity index (χ2v) is 10.3. The molecule has 2 heterocycles. The molecule has 16 nitrogen and oxygen atoms in total. The summed E-state index contributed by atoms with van der Waals surface area (Å²) in [6.07, 6.45) is -3.09. The Labute approximate surface area is 243 Å². The number of pyridine rings is 1. The largest absolute Gasteiger partial charge is 0.480 e. The van der Waals surface area contributed by atoms with Crippen LogP contribution in [-0.4, -0.2) is 158 Å². The zero-order valence-electron chi connectivity index (χ0n) is 23.6. The highest BCUT2D eigenvalue weighted by Crippen LogP contribution is 2.16. The number of carboxylic acid groups (broad SMARTS) is 2. The number of carboxylic acids is 2. The molecule has 8 N–H and O–H groups in total. The van der Waals surface area contributed by atoms with Gasteiger partial charge in [0.25, 0.3) is 0 Å². The first kappa shape index (κ1) is 34.9. The van der Waals surface area contributed by atoms with E-state index in [0.29, 0.717) is 24.5 Å². The summed E-state index contributed by atoms with van der Waals surface area (Å²) >= 11 is 0. The Bertz CT molecular complexity index is 971. The van der Waals surface area contributed by atoms with Crippen molar-refractivity contribution in [2.45, 2.75) is 50.2 Å². The van der Waals surface area contributed by atoms with E-state index < -0.39 is 61.3 Å². The molecule has 0 aliphatic carbocycles. The maximum Gasteiger partial charge on any atom is 0.321 e. The Morgan fingerprint density at radius 2 is 1.19 bits per heavy atom. The van der Waals surface area contributed by atoms with Gasteiger partial charge in [-0.25, -0.2) is 0 Å². The molecule has 16 heteroatoms. The van der Waals surface area contributed by atoms with E-state index in [-0.39, 0.29) is 52.1 Å². The van der Waals surface area contributed by atoms with Gasteiger partial charge in [0.2, 0.25) is 11.8 Å². The van der Waals surface area contributed by atoms with Crippen molar-refractivity contribution in [1.82, 2.24) is 30.3 Å². The number of hydrogen-bond donors (Lipinski definition) is 8. The summed E-state index contributed by atoms with van der Waals surface area (Å²) in [5.74, 6) is -3.61. The summed E-state index contributed by atoms with van der Waals surface area (Å²) in [5.41, 5.74) is 1.00. The zero-order valence-corrected chi connectivity index (χ0v) is 23.6. The van der Waals surface area contributed by atoms with E-state index in [1.807, 2.05) is 4.90 Å². The molecular weight excluding hydrogens is 556 g/mol. The maximum absolute atomic E-state index is 12.4. The fraction of sp³-hybridized carbons (Fsp3) is 0.654. The van der Waals surface area contributed by atoms with E-state index in [0.717, 1.165) is 0 Å². The first-order valence-corrected chi connectivity index (χ1v) is 13.6. The van der Waals surface area contributed by atoms with Gasteiger partial charge in [-0.1, -0.05) is 6.07 Å². The van der Waals surface area contributed by atoms with Crippen LogP contribution in [0.4, 0.5) is 0 Å². The third-order valence-corrected chi connectivity index (χ3v) is 6.83. The van der Waals surface area contributed by atoms with Crippen LogP contribution in [0.3, 0.4) is 0 Å². The van der Waals surface area contributed by atoms with Gasteiger partial charge in [0.05, 0.1) is 49.7 Å². The van der Waals surface area contributed by atoms with Crippen molar-refractivity contribution in [3.63, 3.8) is 0 Å². The molecule has 0 saturated heterocycles. The number of carbonyl (C=O) groups is 4. The molecule has 42 heavy (non-hydrogen) atoms. The number of carbonyl (C=O) groups excluding carboxylic acids is 2. The van der Waals surface area contributed by atoms with Crippen LogP contribution in [-0.2, 0) is 32.3 Å². The molecule has 2 amide bonds. The summed E-state index contributed by atoms with van der Waals surface area (Å²) in [5, 5.41) is 61.6. The van der Waals surface area contributed by atoms with Gasteiger partial charge in [0.1, 0.15) is 12.1 Å². The highest BCUT2D eigenvalue weighted by atomic mass is 16.4. The number of rotatable bonds is 14. The Morgan fingerprint density at radius 1 is 0.786 bits per heavy atom. The van der Waals surface area contributed by atoms with Crippen LogP contribution in [0, 0.1) is 0 Å². The van der Waals surface area contributed by atoms with Crippen molar-refractivity contribution in [2.75, 3.05) is 59.5 Å². The molecule has 1 aromatic heterocycles. The van der Waals surface area contributed by atoms with Gasteiger partial charge in [-0.05, 0) is 19.2 Å². The Kier molecular flexibility index (Phi) is 14.7. The SMILES string of the molecule is CN1CCN(C(CC(=O)NCC(O)CO)C(=O)O)Cc2cccc(n2)CN(C(CC(=O)NCC(O)CO)C(=O)O)CC1. The Morgan fingerprint density at radius 3 is 1.55 bits per heavy atom. The molecule has 0 fully saturated rings. The Hall–Kier alpha value is -3.25. The summed E-state index contributed by atoms with van der Waals surface area (Å²) in [6.45, 7) is -0.119. The molecule has 0 spiro atoms. The molecule has 4 atom stereocenters. The van der Waals surface area contributed by atoms with Gasteiger partial charge in [-0.3, -0.25) is 34.0 Å². The molecule has 1 aliphatic rings. The van der Waals surface area contributed by atoms with Gasteiger partial charge in [0, 0.05) is 52.4 Å². The number of hydrogen-bond acceptors (Lipinski definition) is 12. The number of amides is 2. The number of aliphatic carboxylic acids is 2. The van der Waals surface area contributed by atoms with Gasteiger partial charge in [-0.2, -0.15) is 0 Å². The standard InChI is InChI=1S/C26H42N6O10/c1-30-5-7-31(21(25(39)40)9-23(37)27-11-19(35)15-33)13-17-3-2-4-18(29-17)14-32(8-6-30)22(26(41)42)10-24(38)28-12-20(36)16-34/h2-4,19-22,33-36H,5-16H2,1H3,(H,27,37)(H,28,38)(H,39,40)(H,41,42). The van der Waals surface area contributed by atoms with Crippen LogP contribution >= 0.6 is 0 Å². The van der Waals surface area contributed by atoms with E-state index in [2.05, 4.69) is 15.6 Å². The van der Waals surface area contributed by atoms with Crippen molar-refractivity contribution in [2.24, 2.45) is 0 Å². The average Bonchev–Trinajstić information content (AvgIpc) is 2.95. The fourth-order valence-electron chi connectivity index (χ4n) is 4.35. The number of nitrogens with one attached hydrogen (secondary N) is 2. The van der Waals surface area contributed by atoms with Crippen LogP contribution in [0.5, 0.6) is 0 Å². The first-order valence-electron chi connectivity index (χ1n) is 13.6. The number of fused-ring (bicyclic) bond motifs is 2. The third-order valence-electron chi connectivity index (χ3n) is 6.83. The molecule has 2 rings (SSSR count). The third kappa shape index (κ3) is 11.9. The van der Waals surface area contributed by atoms with Gasteiger partial charge in [0.15, 0.2) is 0 Å². The average molecular weight is 599 g/mol. The van der Waals surface area contributed by atoms with Crippen LogP contribution < -0.4 is 10.6 Å². The smallest absolute Gasteiger partial charge is 0.321 e. The van der Waals surface area contributed by atoms with Crippen LogP contribution in [0.25, 0.3) is 0 Å². The predicted octanol–water partition coefficient (Wildman–Crippen LogP) is -3.74. The quantitative estimate of drug-likeness (QED) is 0.103. The molecule has 1 aliphatic heterocycles.